The van der Waals surface area contributed by atoms with Crippen molar-refractivity contribution in [2.75, 3.05) is 32.2 Å². The van der Waals surface area contributed by atoms with E-state index in [0.29, 0.717) is 0 Å². The molecule has 0 aliphatic carbocycles. The second kappa shape index (κ2) is 8.13. The fraction of sp³-hybridized carbons (Fsp3) is 0.462. The van der Waals surface area contributed by atoms with Gasteiger partial charge in [-0.15, -0.1) is 11.8 Å². The summed E-state index contributed by atoms with van der Waals surface area (Å²) < 4.78 is 5.37. The lowest BCUT2D eigenvalue weighted by Crippen LogP contribution is -2.25. The van der Waals surface area contributed by atoms with Crippen molar-refractivity contribution in [1.29, 1.82) is 0 Å². The van der Waals surface area contributed by atoms with Crippen LogP contribution in [0.15, 0.2) is 28.1 Å². The summed E-state index contributed by atoms with van der Waals surface area (Å²) in [6.07, 6.45) is 1.22. The molecule has 0 saturated heterocycles. The van der Waals surface area contributed by atoms with Crippen LogP contribution in [0, 0.1) is 0 Å². The number of likely N-dealkylation sites (N-methyl/N-ethyl adjacent to an activating group) is 1. The predicted octanol–water partition coefficient (Wildman–Crippen LogP) is 2.32. The molecule has 18 heavy (non-hydrogen) atoms. The molecule has 4 nitrogen and oxygen atoms in total. The van der Waals surface area contributed by atoms with Crippen LogP contribution in [0.4, 0.5) is 11.4 Å². The molecule has 1 atom stereocenters. The molecule has 100 valence electrons. The average Bonchev–Trinajstić information content (AvgIpc) is 2.38. The van der Waals surface area contributed by atoms with Gasteiger partial charge in [0, 0.05) is 30.0 Å². The zero-order valence-corrected chi connectivity index (χ0v) is 11.8. The predicted molar refractivity (Wildman–Crippen MR) is 80.1 cm³/mol. The summed E-state index contributed by atoms with van der Waals surface area (Å²) in [5.41, 5.74) is 7.42. The van der Waals surface area contributed by atoms with Gasteiger partial charge in [0.2, 0.25) is 0 Å². The minimum absolute atomic E-state index is 0.240. The molecule has 0 aliphatic heterocycles. The number of rotatable bonds is 8. The van der Waals surface area contributed by atoms with Crippen LogP contribution in [0.1, 0.15) is 6.42 Å². The maximum absolute atomic E-state index is 5.78. The number of thioether (sulfide) groups is 1. The molecule has 1 aromatic rings. The summed E-state index contributed by atoms with van der Waals surface area (Å²) in [4.78, 5) is 5.07. The van der Waals surface area contributed by atoms with Crippen LogP contribution in [0.5, 0.6) is 0 Å². The van der Waals surface area contributed by atoms with Crippen LogP contribution in [-0.4, -0.2) is 39.3 Å². The van der Waals surface area contributed by atoms with E-state index < -0.39 is 0 Å². The van der Waals surface area contributed by atoms with Crippen molar-refractivity contribution in [2.24, 2.45) is 4.99 Å². The monoisotopic (exact) mass is 267 g/mol. The molecule has 0 amide bonds. The highest BCUT2D eigenvalue weighted by molar-refractivity contribution is 7.99. The Morgan fingerprint density at radius 1 is 1.56 bits per heavy atom. The van der Waals surface area contributed by atoms with Crippen molar-refractivity contribution in [1.82, 2.24) is 5.32 Å². The van der Waals surface area contributed by atoms with E-state index in [1.807, 2.05) is 25.2 Å². The van der Waals surface area contributed by atoms with Crippen molar-refractivity contribution in [3.05, 3.63) is 18.2 Å². The Hall–Kier alpha value is -1.04. The molecule has 0 heterocycles. The lowest BCUT2D eigenvalue weighted by molar-refractivity contribution is 0.101. The number of aliphatic imine (C=N–C) groups is 1. The topological polar surface area (TPSA) is 59.6 Å². The van der Waals surface area contributed by atoms with Gasteiger partial charge in [0.05, 0.1) is 11.8 Å². The van der Waals surface area contributed by atoms with Gasteiger partial charge in [0.1, 0.15) is 0 Å². The van der Waals surface area contributed by atoms with Crippen LogP contribution < -0.4 is 11.1 Å². The van der Waals surface area contributed by atoms with Gasteiger partial charge in [-0.3, -0.25) is 4.99 Å². The highest BCUT2D eigenvalue weighted by Crippen LogP contribution is 2.31. The molecule has 0 fully saturated rings. The van der Waals surface area contributed by atoms with Crippen molar-refractivity contribution in [2.45, 2.75) is 17.4 Å². The van der Waals surface area contributed by atoms with E-state index in [0.717, 1.165) is 35.0 Å². The van der Waals surface area contributed by atoms with Crippen molar-refractivity contribution in [3.8, 4) is 0 Å². The lowest BCUT2D eigenvalue weighted by Gasteiger charge is -2.14. The second-order valence-electron chi connectivity index (χ2n) is 3.94. The third-order valence-corrected chi connectivity index (χ3v) is 3.69. The second-order valence-corrected chi connectivity index (χ2v) is 5.07. The zero-order valence-electron chi connectivity index (χ0n) is 11.0. The Labute approximate surface area is 113 Å². The third-order valence-electron chi connectivity index (χ3n) is 2.62. The molecule has 0 aromatic heterocycles. The molecule has 3 N–H and O–H groups in total. The minimum atomic E-state index is 0.240. The largest absolute Gasteiger partial charge is 0.399 e. The van der Waals surface area contributed by atoms with E-state index in [2.05, 4.69) is 17.0 Å². The van der Waals surface area contributed by atoms with E-state index in [1.165, 1.54) is 0 Å². The van der Waals surface area contributed by atoms with Gasteiger partial charge in [0.25, 0.3) is 0 Å². The number of nitrogens with two attached hydrogens (primary N) is 1. The van der Waals surface area contributed by atoms with E-state index in [-0.39, 0.29) is 6.10 Å². The van der Waals surface area contributed by atoms with Crippen molar-refractivity contribution in [3.63, 3.8) is 0 Å². The molecular formula is C13H21N3OS. The van der Waals surface area contributed by atoms with Crippen LogP contribution in [0.3, 0.4) is 0 Å². The molecule has 0 spiro atoms. The van der Waals surface area contributed by atoms with Gasteiger partial charge in [-0.05, 0) is 38.4 Å². The zero-order chi connectivity index (χ0) is 13.4. The number of ether oxygens (including phenoxy) is 1. The first-order valence-corrected chi connectivity index (χ1v) is 6.86. The van der Waals surface area contributed by atoms with Crippen LogP contribution in [0.2, 0.25) is 0 Å². The van der Waals surface area contributed by atoms with Crippen LogP contribution in [0.25, 0.3) is 0 Å². The first kappa shape index (κ1) is 15.0. The summed E-state index contributed by atoms with van der Waals surface area (Å²) in [5, 5.41) is 3.12. The fourth-order valence-electron chi connectivity index (χ4n) is 1.61. The van der Waals surface area contributed by atoms with Gasteiger partial charge in [-0.1, -0.05) is 0 Å². The fourth-order valence-corrected chi connectivity index (χ4v) is 2.71. The maximum Gasteiger partial charge on any atom is 0.0759 e. The first-order chi connectivity index (χ1) is 8.71. The Morgan fingerprint density at radius 2 is 2.33 bits per heavy atom. The molecular weight excluding hydrogens is 246 g/mol. The number of nitrogens with zero attached hydrogens (tertiary/aromatic N) is 1. The minimum Gasteiger partial charge on any atom is -0.399 e. The van der Waals surface area contributed by atoms with Gasteiger partial charge in [0.15, 0.2) is 0 Å². The Morgan fingerprint density at radius 3 is 2.94 bits per heavy atom. The number of methoxy groups -OCH3 is 1. The van der Waals surface area contributed by atoms with Crippen molar-refractivity contribution < 1.29 is 4.74 Å². The third kappa shape index (κ3) is 4.68. The Balaban J connectivity index is 2.52. The van der Waals surface area contributed by atoms with E-state index in [4.69, 9.17) is 10.5 Å². The van der Waals surface area contributed by atoms with E-state index in [1.54, 1.807) is 18.9 Å². The van der Waals surface area contributed by atoms with Gasteiger partial charge in [-0.25, -0.2) is 0 Å². The summed E-state index contributed by atoms with van der Waals surface area (Å²) in [6.45, 7) is 4.43. The van der Waals surface area contributed by atoms with Crippen LogP contribution >= 0.6 is 11.8 Å². The Bertz CT molecular complexity index is 384. The molecule has 0 aliphatic rings. The van der Waals surface area contributed by atoms with E-state index >= 15 is 0 Å². The number of anilines is 1. The summed E-state index contributed by atoms with van der Waals surface area (Å²) in [6, 6.07) is 5.67. The van der Waals surface area contributed by atoms with Gasteiger partial charge < -0.3 is 15.8 Å². The smallest absolute Gasteiger partial charge is 0.0759 e. The quantitative estimate of drug-likeness (QED) is 0.431. The molecule has 1 rings (SSSR count). The maximum atomic E-state index is 5.78. The Kier molecular flexibility index (Phi) is 6.78. The van der Waals surface area contributed by atoms with Gasteiger partial charge >= 0.3 is 0 Å². The molecule has 0 bridgehead atoms. The number of nitrogens with one attached hydrogen (secondary N) is 1. The average molecular weight is 267 g/mol. The number of hydrogen-bond acceptors (Lipinski definition) is 5. The van der Waals surface area contributed by atoms with Gasteiger partial charge in [-0.2, -0.15) is 0 Å². The van der Waals surface area contributed by atoms with Crippen LogP contribution in [-0.2, 0) is 4.74 Å². The molecule has 5 heteroatoms. The summed E-state index contributed by atoms with van der Waals surface area (Å²) in [7, 11) is 3.67. The van der Waals surface area contributed by atoms with E-state index in [9.17, 15) is 0 Å². The molecule has 1 aromatic carbocycles. The standard InChI is InChI=1S/C13H21N3OS/c1-15-9-11(17-3)6-7-18-13-8-10(14)4-5-12(13)16-2/h4-5,8,11,15H,2,6-7,9,14H2,1,3H3. The highest BCUT2D eigenvalue weighted by atomic mass is 32.2. The van der Waals surface area contributed by atoms with Crippen molar-refractivity contribution >= 4 is 29.9 Å². The highest BCUT2D eigenvalue weighted by Gasteiger charge is 2.07. The number of nitrogen functional groups attached to an aromatic ring is 1. The molecule has 0 radical (unpaired) electrons. The molecule has 0 saturated carbocycles. The SMILES string of the molecule is C=Nc1ccc(N)cc1SCCC(CNC)OC. The lowest BCUT2D eigenvalue weighted by atomic mass is 10.3. The normalized spacial score (nSPS) is 12.3. The summed E-state index contributed by atoms with van der Waals surface area (Å²) in [5.74, 6) is 0.964. The molecule has 1 unspecified atom stereocenters. The number of benzene rings is 1. The summed E-state index contributed by atoms with van der Waals surface area (Å²) >= 11 is 1.73. The number of hydrogen-bond donors (Lipinski definition) is 2. The first-order valence-electron chi connectivity index (χ1n) is 5.87.